The summed E-state index contributed by atoms with van der Waals surface area (Å²) in [6, 6.07) is 1.81. The second-order valence-electron chi connectivity index (χ2n) is 4.10. The minimum Gasteiger partial charge on any atom is -1.00 e. The smallest absolute Gasteiger partial charge is 0.143 e. The molecule has 1 fully saturated rings. The number of hydrogen-bond acceptors (Lipinski definition) is 0. The topological polar surface area (TPSA) is 0 Å². The zero-order valence-electron chi connectivity index (χ0n) is 7.56. The van der Waals surface area contributed by atoms with Crippen LogP contribution in [-0.2, 0) is 0 Å². The summed E-state index contributed by atoms with van der Waals surface area (Å²) in [5, 5.41) is 0. The summed E-state index contributed by atoms with van der Waals surface area (Å²) in [6.07, 6.45) is 0. The molecule has 2 atom stereocenters. The zero-order valence-corrected chi connectivity index (χ0v) is 9.71. The summed E-state index contributed by atoms with van der Waals surface area (Å²) in [6.45, 7) is 6.97. The van der Waals surface area contributed by atoms with E-state index in [2.05, 4.69) is 34.9 Å². The van der Waals surface area contributed by atoms with Crippen molar-refractivity contribution in [3.63, 3.8) is 0 Å². The van der Waals surface area contributed by atoms with Crippen molar-refractivity contribution in [1.29, 1.82) is 0 Å². The highest BCUT2D eigenvalue weighted by Gasteiger charge is 2.58. The number of halogens is 1. The van der Waals surface area contributed by atoms with Gasteiger partial charge < -0.3 is 28.5 Å². The summed E-state index contributed by atoms with van der Waals surface area (Å²) >= 11 is 0. The molecule has 0 aliphatic carbocycles. The van der Waals surface area contributed by atoms with Crippen molar-refractivity contribution in [2.45, 2.75) is 32.9 Å². The fourth-order valence-electron chi connectivity index (χ4n) is 2.15. The number of hydrogen-bond donors (Lipinski definition) is 0. The van der Waals surface area contributed by atoms with E-state index < -0.39 is 0 Å². The Bertz CT molecular complexity index is 120. The highest BCUT2D eigenvalue weighted by molar-refractivity contribution is 4.83. The molecule has 0 bridgehead atoms. The Morgan fingerprint density at radius 3 is 1.50 bits per heavy atom. The molecule has 1 aliphatic heterocycles. The van der Waals surface area contributed by atoms with Gasteiger partial charge in [-0.1, -0.05) is 13.8 Å². The quantitative estimate of drug-likeness (QED) is 0.304. The fourth-order valence-corrected chi connectivity index (χ4v) is 2.15. The van der Waals surface area contributed by atoms with E-state index in [1.807, 2.05) is 0 Å². The van der Waals surface area contributed by atoms with E-state index >= 15 is 0 Å². The molecule has 0 aromatic carbocycles. The van der Waals surface area contributed by atoms with Gasteiger partial charge in [-0.15, -0.1) is 0 Å². The lowest BCUT2D eigenvalue weighted by atomic mass is 10.1. The molecular weight excluding hydrogens is 237 g/mol. The molecule has 10 heavy (non-hydrogen) atoms. The highest BCUT2D eigenvalue weighted by Crippen LogP contribution is 2.39. The number of rotatable bonds is 1. The summed E-state index contributed by atoms with van der Waals surface area (Å²) in [4.78, 5) is 0. The van der Waals surface area contributed by atoms with Crippen LogP contribution >= 0.6 is 0 Å². The Balaban J connectivity index is 0.000000810. The molecular formula is C8H18IN. The summed E-state index contributed by atoms with van der Waals surface area (Å²) in [5.41, 5.74) is 0. The summed E-state index contributed by atoms with van der Waals surface area (Å²) in [5.74, 6) is 0.856. The molecule has 0 unspecified atom stereocenters. The van der Waals surface area contributed by atoms with E-state index in [4.69, 9.17) is 0 Å². The fraction of sp³-hybridized carbons (Fsp3) is 1.00. The molecule has 1 rings (SSSR count). The predicted molar refractivity (Wildman–Crippen MR) is 40.2 cm³/mol. The van der Waals surface area contributed by atoms with Gasteiger partial charge in [0.1, 0.15) is 12.1 Å². The second kappa shape index (κ2) is 2.97. The van der Waals surface area contributed by atoms with E-state index in [-0.39, 0.29) is 24.0 Å². The lowest BCUT2D eigenvalue weighted by Gasteiger charge is -2.07. The van der Waals surface area contributed by atoms with Crippen molar-refractivity contribution in [1.82, 2.24) is 0 Å². The van der Waals surface area contributed by atoms with E-state index in [0.29, 0.717) is 0 Å². The average Bonchev–Trinajstić information content (AvgIpc) is 2.07. The van der Waals surface area contributed by atoms with Crippen molar-refractivity contribution < 1.29 is 28.5 Å². The van der Waals surface area contributed by atoms with Crippen LogP contribution in [0.4, 0.5) is 0 Å². The van der Waals surface area contributed by atoms with Crippen LogP contribution in [0.25, 0.3) is 0 Å². The van der Waals surface area contributed by atoms with E-state index in [1.54, 1.807) is 0 Å². The van der Waals surface area contributed by atoms with E-state index in [1.165, 1.54) is 4.48 Å². The third kappa shape index (κ3) is 1.47. The Morgan fingerprint density at radius 2 is 1.50 bits per heavy atom. The van der Waals surface area contributed by atoms with E-state index in [0.717, 1.165) is 18.0 Å². The maximum atomic E-state index is 2.34. The monoisotopic (exact) mass is 255 g/mol. The third-order valence-electron chi connectivity index (χ3n) is 2.91. The van der Waals surface area contributed by atoms with Gasteiger partial charge in [0.25, 0.3) is 0 Å². The molecule has 1 heterocycles. The first-order valence-electron chi connectivity index (χ1n) is 3.81. The van der Waals surface area contributed by atoms with Crippen molar-refractivity contribution in [3.05, 3.63) is 0 Å². The van der Waals surface area contributed by atoms with Crippen LogP contribution in [0, 0.1) is 5.92 Å². The Kier molecular flexibility index (Phi) is 3.18. The minimum absolute atomic E-state index is 0. The molecule has 1 nitrogen and oxygen atoms in total. The molecule has 0 aromatic heterocycles. The first-order chi connectivity index (χ1) is 3.98. The van der Waals surface area contributed by atoms with Gasteiger partial charge >= 0.3 is 0 Å². The van der Waals surface area contributed by atoms with Crippen molar-refractivity contribution in [3.8, 4) is 0 Å². The van der Waals surface area contributed by atoms with Gasteiger partial charge in [0.2, 0.25) is 0 Å². The molecule has 1 aliphatic rings. The standard InChI is InChI=1S/C8H18N.HI/c1-6(2)8-7(3)9(8,4)5;/h6-8H,1-5H3;1H/q+1;/p-1/t7-,8+;/m0./s1. The summed E-state index contributed by atoms with van der Waals surface area (Å²) in [7, 11) is 4.63. The van der Waals surface area contributed by atoms with Gasteiger partial charge in [0.05, 0.1) is 14.1 Å². The number of quaternary nitrogens is 1. The average molecular weight is 255 g/mol. The summed E-state index contributed by atoms with van der Waals surface area (Å²) < 4.78 is 1.23. The van der Waals surface area contributed by atoms with Crippen LogP contribution in [0.3, 0.4) is 0 Å². The largest absolute Gasteiger partial charge is 1.00 e. The molecule has 62 valence electrons. The molecule has 0 aromatic rings. The van der Waals surface area contributed by atoms with Crippen LogP contribution in [0.1, 0.15) is 20.8 Å². The number of nitrogens with zero attached hydrogens (tertiary/aromatic N) is 1. The van der Waals surface area contributed by atoms with Gasteiger partial charge in [-0.2, -0.15) is 0 Å². The van der Waals surface area contributed by atoms with Crippen LogP contribution in [0.15, 0.2) is 0 Å². The highest BCUT2D eigenvalue weighted by atomic mass is 127. The third-order valence-corrected chi connectivity index (χ3v) is 2.91. The zero-order chi connectivity index (χ0) is 7.23. The maximum absolute atomic E-state index is 2.34. The molecule has 1 saturated heterocycles. The SMILES string of the molecule is CC(C)[C@@H]1[C@H](C)[N+]1(C)C.[I-]. The number of likely N-dealkylation sites (N-methyl/N-ethyl adjacent to an activating group) is 1. The molecule has 2 heteroatoms. The van der Waals surface area contributed by atoms with Gasteiger partial charge in [-0.25, -0.2) is 0 Å². The van der Waals surface area contributed by atoms with Crippen LogP contribution in [0.2, 0.25) is 0 Å². The minimum atomic E-state index is 0. The molecule has 0 radical (unpaired) electrons. The van der Waals surface area contributed by atoms with E-state index in [9.17, 15) is 0 Å². The lowest BCUT2D eigenvalue weighted by Crippen LogP contribution is -3.00. The lowest BCUT2D eigenvalue weighted by molar-refractivity contribution is -0.784. The predicted octanol–water partition coefficient (Wildman–Crippen LogP) is -1.51. The van der Waals surface area contributed by atoms with Crippen LogP contribution in [-0.4, -0.2) is 30.7 Å². The van der Waals surface area contributed by atoms with Crippen molar-refractivity contribution >= 4 is 0 Å². The Labute approximate surface area is 81.4 Å². The van der Waals surface area contributed by atoms with Gasteiger partial charge in [0.15, 0.2) is 0 Å². The molecule has 0 saturated carbocycles. The van der Waals surface area contributed by atoms with Gasteiger partial charge in [-0.3, -0.25) is 0 Å². The molecule has 0 spiro atoms. The first-order valence-corrected chi connectivity index (χ1v) is 3.81. The van der Waals surface area contributed by atoms with Crippen LogP contribution in [0.5, 0.6) is 0 Å². The first kappa shape index (κ1) is 10.7. The molecule has 0 N–H and O–H groups in total. The van der Waals surface area contributed by atoms with Crippen molar-refractivity contribution in [2.24, 2.45) is 5.92 Å². The van der Waals surface area contributed by atoms with Gasteiger partial charge in [-0.05, 0) is 6.92 Å². The Morgan fingerprint density at radius 1 is 1.20 bits per heavy atom. The maximum Gasteiger partial charge on any atom is 0.143 e. The van der Waals surface area contributed by atoms with Gasteiger partial charge in [0, 0.05) is 5.92 Å². The normalized spacial score (nSPS) is 35.4. The second-order valence-corrected chi connectivity index (χ2v) is 4.10. The van der Waals surface area contributed by atoms with Crippen molar-refractivity contribution in [2.75, 3.05) is 14.1 Å². The Hall–Kier alpha value is 0.690. The van der Waals surface area contributed by atoms with Crippen LogP contribution < -0.4 is 24.0 Å². The molecule has 0 amide bonds.